The summed E-state index contributed by atoms with van der Waals surface area (Å²) in [6, 6.07) is 15.4. The summed E-state index contributed by atoms with van der Waals surface area (Å²) in [5, 5.41) is 9.98. The first-order chi connectivity index (χ1) is 12.1. The highest BCUT2D eigenvalue weighted by molar-refractivity contribution is 7.80. The lowest BCUT2D eigenvalue weighted by Gasteiger charge is -2.23. The highest BCUT2D eigenvalue weighted by Crippen LogP contribution is 2.28. The largest absolute Gasteiger partial charge is 0.492 e. The zero-order valence-corrected chi connectivity index (χ0v) is 15.8. The topological polar surface area (TPSA) is 37.2 Å². The Kier molecular flexibility index (Phi) is 6.24. The Balaban J connectivity index is 1.50. The summed E-state index contributed by atoms with van der Waals surface area (Å²) in [5.41, 5.74) is 1.19. The van der Waals surface area contributed by atoms with Crippen LogP contribution in [0, 0.1) is 0 Å². The Bertz CT molecular complexity index is 770. The molecule has 3 rings (SSSR count). The number of azo groups is 1. The standard InChI is InChI=1S/C18H17Cl2N3OS/c19-14-8-9-16(15(20)11-14)24-10-4-7-17-21-22-18(25)23(17)12-13-5-2-1-3-6-13/h1-3,5-6,8-9,11,17H,4,7,10,12H2. The van der Waals surface area contributed by atoms with Gasteiger partial charge < -0.3 is 9.64 Å². The summed E-state index contributed by atoms with van der Waals surface area (Å²) in [6.45, 7) is 1.25. The normalized spacial score (nSPS) is 16.5. The predicted octanol–water partition coefficient (Wildman–Crippen LogP) is 5.73. The quantitative estimate of drug-likeness (QED) is 0.445. The van der Waals surface area contributed by atoms with Gasteiger partial charge in [0.2, 0.25) is 5.11 Å². The van der Waals surface area contributed by atoms with E-state index in [0.29, 0.717) is 34.1 Å². The van der Waals surface area contributed by atoms with E-state index in [4.69, 9.17) is 40.2 Å². The van der Waals surface area contributed by atoms with Gasteiger partial charge in [-0.1, -0.05) is 53.5 Å². The molecule has 0 amide bonds. The molecule has 0 saturated heterocycles. The molecule has 0 bridgehead atoms. The average molecular weight is 394 g/mol. The van der Waals surface area contributed by atoms with Gasteiger partial charge in [0.15, 0.2) is 0 Å². The second kappa shape index (κ2) is 8.61. The lowest BCUT2D eigenvalue weighted by atomic mass is 10.2. The SMILES string of the molecule is S=C1N=NC(CCCOc2ccc(Cl)cc2Cl)N1Cc1ccccc1. The number of ether oxygens (including phenoxy) is 1. The maximum atomic E-state index is 6.10. The van der Waals surface area contributed by atoms with Gasteiger partial charge in [-0.2, -0.15) is 5.11 Å². The zero-order chi connectivity index (χ0) is 17.6. The Morgan fingerprint density at radius 2 is 1.92 bits per heavy atom. The third kappa shape index (κ3) is 4.91. The van der Waals surface area contributed by atoms with Crippen molar-refractivity contribution < 1.29 is 4.74 Å². The van der Waals surface area contributed by atoms with Gasteiger partial charge in [0.1, 0.15) is 11.9 Å². The molecule has 0 spiro atoms. The summed E-state index contributed by atoms with van der Waals surface area (Å²) < 4.78 is 5.72. The van der Waals surface area contributed by atoms with Gasteiger partial charge in [-0.05, 0) is 48.8 Å². The van der Waals surface area contributed by atoms with Crippen LogP contribution >= 0.6 is 35.4 Å². The molecule has 130 valence electrons. The summed E-state index contributed by atoms with van der Waals surface area (Å²) >= 11 is 17.3. The number of hydrogen-bond donors (Lipinski definition) is 0. The molecule has 4 nitrogen and oxygen atoms in total. The molecule has 0 aliphatic carbocycles. The van der Waals surface area contributed by atoms with Crippen molar-refractivity contribution in [2.45, 2.75) is 25.6 Å². The number of rotatable bonds is 7. The van der Waals surface area contributed by atoms with Crippen molar-refractivity contribution >= 4 is 40.5 Å². The first-order valence-corrected chi connectivity index (χ1v) is 9.13. The van der Waals surface area contributed by atoms with Crippen LogP contribution in [0.2, 0.25) is 10.0 Å². The molecule has 0 fully saturated rings. The van der Waals surface area contributed by atoms with E-state index in [2.05, 4.69) is 22.4 Å². The Hall–Kier alpha value is -1.69. The molecule has 0 aromatic heterocycles. The van der Waals surface area contributed by atoms with Crippen LogP contribution in [-0.4, -0.2) is 22.8 Å². The number of hydrogen-bond acceptors (Lipinski definition) is 3. The minimum absolute atomic E-state index is 0.0444. The molecule has 1 atom stereocenters. The Labute approximate surface area is 162 Å². The molecule has 0 N–H and O–H groups in total. The maximum Gasteiger partial charge on any atom is 0.218 e. The van der Waals surface area contributed by atoms with Crippen molar-refractivity contribution in [1.82, 2.24) is 4.90 Å². The highest BCUT2D eigenvalue weighted by Gasteiger charge is 2.26. The smallest absolute Gasteiger partial charge is 0.218 e. The number of nitrogens with zero attached hydrogens (tertiary/aromatic N) is 3. The average Bonchev–Trinajstić information content (AvgIpc) is 2.94. The fourth-order valence-electron chi connectivity index (χ4n) is 2.57. The zero-order valence-electron chi connectivity index (χ0n) is 13.4. The fourth-order valence-corrected chi connectivity index (χ4v) is 3.27. The van der Waals surface area contributed by atoms with Crippen LogP contribution in [0.25, 0.3) is 0 Å². The summed E-state index contributed by atoms with van der Waals surface area (Å²) in [7, 11) is 0. The van der Waals surface area contributed by atoms with Crippen LogP contribution in [0.4, 0.5) is 0 Å². The highest BCUT2D eigenvalue weighted by atomic mass is 35.5. The number of thiocarbonyl (C=S) groups is 1. The van der Waals surface area contributed by atoms with Gasteiger partial charge in [-0.15, -0.1) is 5.11 Å². The van der Waals surface area contributed by atoms with E-state index in [1.54, 1.807) is 18.2 Å². The van der Waals surface area contributed by atoms with Gasteiger partial charge in [0.25, 0.3) is 0 Å². The van der Waals surface area contributed by atoms with Gasteiger partial charge >= 0.3 is 0 Å². The molecule has 0 radical (unpaired) electrons. The van der Waals surface area contributed by atoms with E-state index in [-0.39, 0.29) is 6.17 Å². The minimum Gasteiger partial charge on any atom is -0.492 e. The monoisotopic (exact) mass is 393 g/mol. The van der Waals surface area contributed by atoms with E-state index < -0.39 is 0 Å². The van der Waals surface area contributed by atoms with E-state index in [0.717, 1.165) is 12.8 Å². The molecule has 1 heterocycles. The molecular formula is C18H17Cl2N3OS. The minimum atomic E-state index is -0.0444. The second-order valence-electron chi connectivity index (χ2n) is 5.66. The second-order valence-corrected chi connectivity index (χ2v) is 6.87. The van der Waals surface area contributed by atoms with Gasteiger partial charge in [0, 0.05) is 11.6 Å². The van der Waals surface area contributed by atoms with Gasteiger partial charge in [-0.25, -0.2) is 0 Å². The number of halogens is 2. The molecule has 1 unspecified atom stereocenters. The first kappa shape index (κ1) is 18.1. The van der Waals surface area contributed by atoms with Crippen molar-refractivity contribution in [3.05, 3.63) is 64.1 Å². The van der Waals surface area contributed by atoms with E-state index >= 15 is 0 Å². The van der Waals surface area contributed by atoms with Crippen LogP contribution in [0.5, 0.6) is 5.75 Å². The van der Waals surface area contributed by atoms with Crippen molar-refractivity contribution in [2.24, 2.45) is 10.2 Å². The molecule has 1 aliphatic rings. The molecule has 2 aromatic rings. The molecule has 25 heavy (non-hydrogen) atoms. The Morgan fingerprint density at radius 3 is 2.68 bits per heavy atom. The van der Waals surface area contributed by atoms with Crippen LogP contribution < -0.4 is 4.74 Å². The van der Waals surface area contributed by atoms with Crippen LogP contribution in [0.1, 0.15) is 18.4 Å². The van der Waals surface area contributed by atoms with Crippen molar-refractivity contribution in [3.8, 4) is 5.75 Å². The Morgan fingerprint density at radius 1 is 1.12 bits per heavy atom. The maximum absolute atomic E-state index is 6.10. The van der Waals surface area contributed by atoms with Crippen molar-refractivity contribution in [3.63, 3.8) is 0 Å². The van der Waals surface area contributed by atoms with Gasteiger partial charge in [0.05, 0.1) is 11.6 Å². The van der Waals surface area contributed by atoms with Crippen LogP contribution in [0.15, 0.2) is 58.8 Å². The van der Waals surface area contributed by atoms with E-state index in [9.17, 15) is 0 Å². The molecule has 7 heteroatoms. The molecular weight excluding hydrogens is 377 g/mol. The molecule has 2 aromatic carbocycles. The molecule has 0 saturated carbocycles. The summed E-state index contributed by atoms with van der Waals surface area (Å²) in [6.07, 6.45) is 1.58. The summed E-state index contributed by atoms with van der Waals surface area (Å²) in [5.74, 6) is 0.635. The third-order valence-corrected chi connectivity index (χ3v) is 4.68. The lowest BCUT2D eigenvalue weighted by Crippen LogP contribution is -2.32. The first-order valence-electron chi connectivity index (χ1n) is 7.97. The third-order valence-electron chi connectivity index (χ3n) is 3.84. The van der Waals surface area contributed by atoms with E-state index in [1.807, 2.05) is 23.1 Å². The molecule has 1 aliphatic heterocycles. The number of benzene rings is 2. The lowest BCUT2D eigenvalue weighted by molar-refractivity contribution is 0.264. The summed E-state index contributed by atoms with van der Waals surface area (Å²) in [4.78, 5) is 2.04. The fraction of sp³-hybridized carbons (Fsp3) is 0.278. The van der Waals surface area contributed by atoms with Crippen molar-refractivity contribution in [1.29, 1.82) is 0 Å². The van der Waals surface area contributed by atoms with Crippen LogP contribution in [0.3, 0.4) is 0 Å². The van der Waals surface area contributed by atoms with Crippen molar-refractivity contribution in [2.75, 3.05) is 6.61 Å². The predicted molar refractivity (Wildman–Crippen MR) is 104 cm³/mol. The van der Waals surface area contributed by atoms with Gasteiger partial charge in [-0.3, -0.25) is 0 Å². The van der Waals surface area contributed by atoms with Crippen LogP contribution in [-0.2, 0) is 6.54 Å². The van der Waals surface area contributed by atoms with E-state index in [1.165, 1.54) is 5.56 Å².